The van der Waals surface area contributed by atoms with Crippen molar-refractivity contribution in [1.29, 1.82) is 0 Å². The standard InChI is InChI=1S/C20H10F4N2/c21-13-5-1-11(2-6-13)19-20(12-3-7-14(22)8-4-12)26-18-10-16(24)15(23)9-17(18)25-19/h1-10H. The fourth-order valence-electron chi connectivity index (χ4n) is 2.67. The molecule has 0 atom stereocenters. The van der Waals surface area contributed by atoms with Crippen molar-refractivity contribution in [3.05, 3.63) is 83.9 Å². The predicted octanol–water partition coefficient (Wildman–Crippen LogP) is 5.52. The average Bonchev–Trinajstić information content (AvgIpc) is 2.63. The minimum Gasteiger partial charge on any atom is -0.244 e. The summed E-state index contributed by atoms with van der Waals surface area (Å²) in [4.78, 5) is 8.78. The highest BCUT2D eigenvalue weighted by Gasteiger charge is 2.15. The Kier molecular flexibility index (Phi) is 3.88. The first kappa shape index (κ1) is 16.2. The number of fused-ring (bicyclic) bond motifs is 1. The van der Waals surface area contributed by atoms with Crippen LogP contribution in [0.5, 0.6) is 0 Å². The molecule has 2 nitrogen and oxygen atoms in total. The summed E-state index contributed by atoms with van der Waals surface area (Å²) in [7, 11) is 0. The lowest BCUT2D eigenvalue weighted by Gasteiger charge is -2.11. The molecule has 0 fully saturated rings. The summed E-state index contributed by atoms with van der Waals surface area (Å²) in [5, 5.41) is 0. The third-order valence-electron chi connectivity index (χ3n) is 3.94. The van der Waals surface area contributed by atoms with E-state index >= 15 is 0 Å². The number of nitrogens with zero attached hydrogens (tertiary/aromatic N) is 2. The van der Waals surface area contributed by atoms with Gasteiger partial charge >= 0.3 is 0 Å². The van der Waals surface area contributed by atoms with Gasteiger partial charge in [0.25, 0.3) is 0 Å². The lowest BCUT2D eigenvalue weighted by atomic mass is 10.0. The Morgan fingerprint density at radius 1 is 0.500 bits per heavy atom. The number of aromatic nitrogens is 2. The second-order valence-electron chi connectivity index (χ2n) is 5.69. The first-order valence-electron chi connectivity index (χ1n) is 7.70. The Bertz CT molecular complexity index is 1020. The largest absolute Gasteiger partial charge is 0.244 e. The zero-order chi connectivity index (χ0) is 18.3. The molecule has 0 aliphatic carbocycles. The van der Waals surface area contributed by atoms with Gasteiger partial charge in [0, 0.05) is 23.3 Å². The molecule has 0 aliphatic heterocycles. The molecule has 3 aromatic carbocycles. The third kappa shape index (κ3) is 2.90. The molecule has 1 heterocycles. The molecule has 0 aliphatic rings. The quantitative estimate of drug-likeness (QED) is 0.443. The van der Waals surface area contributed by atoms with E-state index in [-0.39, 0.29) is 11.0 Å². The van der Waals surface area contributed by atoms with Gasteiger partial charge in [-0.05, 0) is 48.5 Å². The highest BCUT2D eigenvalue weighted by Crippen LogP contribution is 2.31. The van der Waals surface area contributed by atoms with Crippen molar-refractivity contribution in [3.63, 3.8) is 0 Å². The molecule has 6 heteroatoms. The second kappa shape index (κ2) is 6.22. The van der Waals surface area contributed by atoms with Crippen molar-refractivity contribution in [2.45, 2.75) is 0 Å². The highest BCUT2D eigenvalue weighted by molar-refractivity contribution is 5.86. The zero-order valence-corrected chi connectivity index (χ0v) is 13.2. The number of hydrogen-bond donors (Lipinski definition) is 0. The molecule has 4 rings (SSSR count). The van der Waals surface area contributed by atoms with Gasteiger partial charge in [0.2, 0.25) is 0 Å². The normalized spacial score (nSPS) is 11.1. The minimum absolute atomic E-state index is 0.161. The van der Waals surface area contributed by atoms with Crippen LogP contribution >= 0.6 is 0 Å². The molecular weight excluding hydrogens is 344 g/mol. The van der Waals surface area contributed by atoms with E-state index in [9.17, 15) is 17.6 Å². The van der Waals surface area contributed by atoms with Crippen LogP contribution in [0.4, 0.5) is 17.6 Å². The molecule has 128 valence electrons. The van der Waals surface area contributed by atoms with Crippen LogP contribution in [0, 0.1) is 23.3 Å². The molecular formula is C20H10F4N2. The van der Waals surface area contributed by atoms with Gasteiger partial charge in [-0.3, -0.25) is 0 Å². The van der Waals surface area contributed by atoms with Gasteiger partial charge in [0.15, 0.2) is 11.6 Å². The molecule has 0 unspecified atom stereocenters. The lowest BCUT2D eigenvalue weighted by Crippen LogP contribution is -1.97. The van der Waals surface area contributed by atoms with E-state index in [2.05, 4.69) is 9.97 Å². The number of hydrogen-bond acceptors (Lipinski definition) is 2. The average molecular weight is 354 g/mol. The summed E-state index contributed by atoms with van der Waals surface area (Å²) >= 11 is 0. The van der Waals surface area contributed by atoms with E-state index in [1.54, 1.807) is 0 Å². The maximum absolute atomic E-state index is 13.6. The van der Waals surface area contributed by atoms with Crippen LogP contribution in [0.2, 0.25) is 0 Å². The molecule has 0 N–H and O–H groups in total. The first-order chi connectivity index (χ1) is 12.5. The van der Waals surface area contributed by atoms with Gasteiger partial charge < -0.3 is 0 Å². The van der Waals surface area contributed by atoms with E-state index in [1.165, 1.54) is 48.5 Å². The number of rotatable bonds is 2. The summed E-state index contributed by atoms with van der Waals surface area (Å²) in [6.45, 7) is 0. The molecule has 0 saturated heterocycles. The minimum atomic E-state index is -1.04. The van der Waals surface area contributed by atoms with E-state index in [0.29, 0.717) is 22.5 Å². The van der Waals surface area contributed by atoms with Gasteiger partial charge in [0.1, 0.15) is 11.6 Å². The van der Waals surface area contributed by atoms with E-state index < -0.39 is 23.3 Å². The predicted molar refractivity (Wildman–Crippen MR) is 90.2 cm³/mol. The Balaban J connectivity index is 2.02. The van der Waals surface area contributed by atoms with Gasteiger partial charge in [-0.15, -0.1) is 0 Å². The van der Waals surface area contributed by atoms with Gasteiger partial charge in [0.05, 0.1) is 22.4 Å². The second-order valence-corrected chi connectivity index (χ2v) is 5.69. The van der Waals surface area contributed by atoms with Crippen molar-refractivity contribution < 1.29 is 17.6 Å². The number of halogens is 4. The third-order valence-corrected chi connectivity index (χ3v) is 3.94. The van der Waals surface area contributed by atoms with Crippen molar-refractivity contribution in [3.8, 4) is 22.5 Å². The Morgan fingerprint density at radius 2 is 0.846 bits per heavy atom. The van der Waals surface area contributed by atoms with Crippen molar-refractivity contribution in [2.24, 2.45) is 0 Å². The topological polar surface area (TPSA) is 25.8 Å². The Hall–Kier alpha value is -3.28. The molecule has 0 spiro atoms. The Morgan fingerprint density at radius 3 is 1.19 bits per heavy atom. The van der Waals surface area contributed by atoms with Crippen molar-refractivity contribution >= 4 is 11.0 Å². The summed E-state index contributed by atoms with van der Waals surface area (Å²) in [5.74, 6) is -2.91. The zero-order valence-electron chi connectivity index (χ0n) is 13.2. The fraction of sp³-hybridized carbons (Fsp3) is 0. The molecule has 4 aromatic rings. The molecule has 26 heavy (non-hydrogen) atoms. The monoisotopic (exact) mass is 354 g/mol. The lowest BCUT2D eigenvalue weighted by molar-refractivity contribution is 0.510. The first-order valence-corrected chi connectivity index (χ1v) is 7.70. The van der Waals surface area contributed by atoms with E-state index in [0.717, 1.165) is 12.1 Å². The molecule has 1 aromatic heterocycles. The summed E-state index contributed by atoms with van der Waals surface area (Å²) < 4.78 is 53.6. The van der Waals surface area contributed by atoms with Crippen LogP contribution in [0.1, 0.15) is 0 Å². The highest BCUT2D eigenvalue weighted by atomic mass is 19.2. The Labute approximate surface area is 145 Å². The molecule has 0 radical (unpaired) electrons. The van der Waals surface area contributed by atoms with Gasteiger partial charge in [-0.1, -0.05) is 0 Å². The number of benzene rings is 3. The van der Waals surface area contributed by atoms with Crippen molar-refractivity contribution in [2.75, 3.05) is 0 Å². The maximum Gasteiger partial charge on any atom is 0.161 e. The van der Waals surface area contributed by atoms with Crippen LogP contribution in [0.3, 0.4) is 0 Å². The summed E-state index contributed by atoms with van der Waals surface area (Å²) in [6, 6.07) is 13.0. The van der Waals surface area contributed by atoms with E-state index in [1.807, 2.05) is 0 Å². The fourth-order valence-corrected chi connectivity index (χ4v) is 2.67. The van der Waals surface area contributed by atoms with E-state index in [4.69, 9.17) is 0 Å². The maximum atomic E-state index is 13.6. The summed E-state index contributed by atoms with van der Waals surface area (Å²) in [5.41, 5.74) is 2.13. The SMILES string of the molecule is Fc1ccc(-c2nc3cc(F)c(F)cc3nc2-c2ccc(F)cc2)cc1. The smallest absolute Gasteiger partial charge is 0.161 e. The van der Waals surface area contributed by atoms with Crippen LogP contribution < -0.4 is 0 Å². The van der Waals surface area contributed by atoms with Crippen LogP contribution in [-0.2, 0) is 0 Å². The van der Waals surface area contributed by atoms with Crippen LogP contribution in [0.25, 0.3) is 33.5 Å². The van der Waals surface area contributed by atoms with Crippen LogP contribution in [-0.4, -0.2) is 9.97 Å². The molecule has 0 amide bonds. The van der Waals surface area contributed by atoms with Gasteiger partial charge in [-0.2, -0.15) is 0 Å². The van der Waals surface area contributed by atoms with Gasteiger partial charge in [-0.25, -0.2) is 27.5 Å². The van der Waals surface area contributed by atoms with Crippen LogP contribution in [0.15, 0.2) is 60.7 Å². The summed E-state index contributed by atoms with van der Waals surface area (Å²) in [6.07, 6.45) is 0. The molecule has 0 bridgehead atoms. The molecule has 0 saturated carbocycles. The van der Waals surface area contributed by atoms with Crippen molar-refractivity contribution in [1.82, 2.24) is 9.97 Å².